The number of amides is 2. The zero-order valence-corrected chi connectivity index (χ0v) is 14.6. The fourth-order valence-corrected chi connectivity index (χ4v) is 5.19. The number of aromatic nitrogens is 1. The Balaban J connectivity index is 2.09. The van der Waals surface area contributed by atoms with Crippen LogP contribution in [0.5, 0.6) is 0 Å². The molecule has 1 N–H and O–H groups in total. The van der Waals surface area contributed by atoms with Gasteiger partial charge in [0.25, 0.3) is 11.8 Å². The molecule has 124 valence electrons. The quantitative estimate of drug-likeness (QED) is 0.413. The third kappa shape index (κ3) is 1.46. The highest BCUT2D eigenvalue weighted by Gasteiger charge is 2.34. The van der Waals surface area contributed by atoms with Gasteiger partial charge in [-0.2, -0.15) is 0 Å². The maximum absolute atomic E-state index is 12.7. The number of benzene rings is 3. The van der Waals surface area contributed by atoms with Gasteiger partial charge >= 0.3 is 0 Å². The Morgan fingerprint density at radius 1 is 0.846 bits per heavy atom. The summed E-state index contributed by atoms with van der Waals surface area (Å²) in [6.07, 6.45) is 0. The number of hydrogen-bond donors (Lipinski definition) is 1. The van der Waals surface area contributed by atoms with E-state index in [1.54, 1.807) is 11.3 Å². The van der Waals surface area contributed by atoms with E-state index in [4.69, 9.17) is 0 Å². The molecular formula is C21H12N2O2S. The second kappa shape index (κ2) is 4.51. The van der Waals surface area contributed by atoms with E-state index in [0.717, 1.165) is 38.0 Å². The number of nitrogens with zero attached hydrogens (tertiary/aromatic N) is 1. The molecule has 6 rings (SSSR count). The molecule has 26 heavy (non-hydrogen) atoms. The predicted molar refractivity (Wildman–Crippen MR) is 105 cm³/mol. The zero-order valence-electron chi connectivity index (χ0n) is 13.8. The number of para-hydroxylation sites is 1. The molecule has 5 aromatic rings. The third-order valence-electron chi connectivity index (χ3n) is 5.43. The molecule has 0 radical (unpaired) electrons. The van der Waals surface area contributed by atoms with E-state index in [1.165, 1.54) is 4.70 Å². The first-order valence-corrected chi connectivity index (χ1v) is 9.23. The number of thiophene rings is 1. The van der Waals surface area contributed by atoms with Crippen molar-refractivity contribution in [3.8, 4) is 0 Å². The lowest BCUT2D eigenvalue weighted by molar-refractivity contribution is 0.0880. The molecule has 0 atom stereocenters. The van der Waals surface area contributed by atoms with Crippen molar-refractivity contribution in [2.24, 2.45) is 7.05 Å². The lowest BCUT2D eigenvalue weighted by Crippen LogP contribution is -2.20. The van der Waals surface area contributed by atoms with Crippen molar-refractivity contribution in [1.29, 1.82) is 0 Å². The number of aryl methyl sites for hydroxylation is 1. The van der Waals surface area contributed by atoms with Crippen LogP contribution < -0.4 is 5.32 Å². The summed E-state index contributed by atoms with van der Waals surface area (Å²) in [7, 11) is 2.02. The molecular weight excluding hydrogens is 344 g/mol. The number of imide groups is 1. The predicted octanol–water partition coefficient (Wildman–Crippen LogP) is 4.58. The van der Waals surface area contributed by atoms with E-state index in [-0.39, 0.29) is 11.8 Å². The molecule has 0 unspecified atom stereocenters. The van der Waals surface area contributed by atoms with Gasteiger partial charge in [0.05, 0.1) is 16.6 Å². The van der Waals surface area contributed by atoms with Gasteiger partial charge in [0, 0.05) is 38.8 Å². The Hall–Kier alpha value is -3.18. The molecule has 0 saturated carbocycles. The molecule has 0 bridgehead atoms. The average Bonchev–Trinajstić information content (AvgIpc) is 3.31. The largest absolute Gasteiger partial charge is 0.343 e. The first kappa shape index (κ1) is 14.0. The van der Waals surface area contributed by atoms with E-state index < -0.39 is 0 Å². The van der Waals surface area contributed by atoms with Crippen LogP contribution in [0.15, 0.2) is 47.8 Å². The van der Waals surface area contributed by atoms with Gasteiger partial charge in [-0.15, -0.1) is 11.3 Å². The van der Waals surface area contributed by atoms with Crippen LogP contribution in [-0.4, -0.2) is 16.4 Å². The minimum Gasteiger partial charge on any atom is -0.343 e. The summed E-state index contributed by atoms with van der Waals surface area (Å²) in [5.41, 5.74) is 3.07. The molecule has 1 aliphatic heterocycles. The third-order valence-corrected chi connectivity index (χ3v) is 6.31. The minimum absolute atomic E-state index is 0.306. The van der Waals surface area contributed by atoms with Crippen molar-refractivity contribution in [3.05, 3.63) is 59.0 Å². The zero-order chi connectivity index (χ0) is 17.6. The monoisotopic (exact) mass is 356 g/mol. The first-order chi connectivity index (χ1) is 12.7. The van der Waals surface area contributed by atoms with Crippen LogP contribution in [0.4, 0.5) is 0 Å². The van der Waals surface area contributed by atoms with Gasteiger partial charge in [-0.3, -0.25) is 14.9 Å². The van der Waals surface area contributed by atoms with E-state index in [1.807, 2.05) is 37.4 Å². The van der Waals surface area contributed by atoms with Crippen molar-refractivity contribution in [3.63, 3.8) is 0 Å². The SMILES string of the molecule is Cn1c2ccccc2c2c3c(c4ccc5sccc5c4c21)C(=O)NC3=O. The summed E-state index contributed by atoms with van der Waals surface area (Å²) in [6.45, 7) is 0. The van der Waals surface area contributed by atoms with Crippen LogP contribution in [0.2, 0.25) is 0 Å². The highest BCUT2D eigenvalue weighted by atomic mass is 32.1. The average molecular weight is 356 g/mol. The van der Waals surface area contributed by atoms with Crippen LogP contribution in [-0.2, 0) is 7.05 Å². The summed E-state index contributed by atoms with van der Waals surface area (Å²) >= 11 is 1.68. The maximum atomic E-state index is 12.7. The first-order valence-electron chi connectivity index (χ1n) is 8.35. The molecule has 2 aromatic heterocycles. The Bertz CT molecular complexity index is 1460. The van der Waals surface area contributed by atoms with Crippen LogP contribution in [0.1, 0.15) is 20.7 Å². The van der Waals surface area contributed by atoms with Crippen molar-refractivity contribution < 1.29 is 9.59 Å². The minimum atomic E-state index is -0.307. The number of carbonyl (C=O) groups excluding carboxylic acids is 2. The summed E-state index contributed by atoms with van der Waals surface area (Å²) in [5, 5.41) is 9.44. The van der Waals surface area contributed by atoms with Gasteiger partial charge in [-0.25, -0.2) is 0 Å². The number of rotatable bonds is 0. The molecule has 0 aliphatic carbocycles. The molecule has 5 heteroatoms. The fraction of sp³-hybridized carbons (Fsp3) is 0.0476. The van der Waals surface area contributed by atoms with Gasteiger partial charge in [-0.05, 0) is 29.0 Å². The number of hydrogen-bond acceptors (Lipinski definition) is 3. The second-order valence-electron chi connectivity index (χ2n) is 6.65. The molecule has 3 heterocycles. The smallest absolute Gasteiger partial charge is 0.259 e. The van der Waals surface area contributed by atoms with Gasteiger partial charge in [0.2, 0.25) is 0 Å². The van der Waals surface area contributed by atoms with Gasteiger partial charge in [-0.1, -0.05) is 24.3 Å². The van der Waals surface area contributed by atoms with Crippen molar-refractivity contribution in [1.82, 2.24) is 9.88 Å². The van der Waals surface area contributed by atoms with Crippen LogP contribution in [0.3, 0.4) is 0 Å². The Morgan fingerprint density at radius 3 is 2.54 bits per heavy atom. The number of carbonyl (C=O) groups is 2. The molecule has 0 spiro atoms. The Morgan fingerprint density at radius 2 is 1.65 bits per heavy atom. The van der Waals surface area contributed by atoms with Crippen molar-refractivity contribution >= 4 is 65.8 Å². The molecule has 3 aromatic carbocycles. The van der Waals surface area contributed by atoms with Gasteiger partial charge < -0.3 is 4.57 Å². The fourth-order valence-electron chi connectivity index (χ4n) is 4.40. The normalized spacial score (nSPS) is 14.0. The van der Waals surface area contributed by atoms with Crippen molar-refractivity contribution in [2.75, 3.05) is 0 Å². The van der Waals surface area contributed by atoms with Crippen LogP contribution in [0.25, 0.3) is 42.7 Å². The van der Waals surface area contributed by atoms with E-state index in [9.17, 15) is 9.59 Å². The number of fused-ring (bicyclic) bond motifs is 10. The highest BCUT2D eigenvalue weighted by molar-refractivity contribution is 7.17. The molecule has 0 saturated heterocycles. The van der Waals surface area contributed by atoms with Crippen LogP contribution in [0, 0.1) is 0 Å². The number of nitrogens with one attached hydrogen (secondary N) is 1. The summed E-state index contributed by atoms with van der Waals surface area (Å²) in [4.78, 5) is 25.3. The lowest BCUT2D eigenvalue weighted by atomic mass is 9.93. The van der Waals surface area contributed by atoms with E-state index in [0.29, 0.717) is 11.1 Å². The summed E-state index contributed by atoms with van der Waals surface area (Å²) < 4.78 is 3.31. The Labute approximate surface area is 151 Å². The topological polar surface area (TPSA) is 51.1 Å². The molecule has 2 amide bonds. The summed E-state index contributed by atoms with van der Waals surface area (Å²) in [5.74, 6) is -0.613. The molecule has 0 fully saturated rings. The van der Waals surface area contributed by atoms with Crippen LogP contribution >= 0.6 is 11.3 Å². The van der Waals surface area contributed by atoms with Gasteiger partial charge in [0.1, 0.15) is 0 Å². The maximum Gasteiger partial charge on any atom is 0.259 e. The second-order valence-corrected chi connectivity index (χ2v) is 7.60. The summed E-state index contributed by atoms with van der Waals surface area (Å²) in [6, 6.07) is 14.1. The van der Waals surface area contributed by atoms with E-state index in [2.05, 4.69) is 27.4 Å². The van der Waals surface area contributed by atoms with E-state index >= 15 is 0 Å². The molecule has 4 nitrogen and oxygen atoms in total. The molecule has 1 aliphatic rings. The lowest BCUT2D eigenvalue weighted by Gasteiger charge is -2.09. The highest BCUT2D eigenvalue weighted by Crippen LogP contribution is 2.43. The van der Waals surface area contributed by atoms with Crippen molar-refractivity contribution in [2.45, 2.75) is 0 Å². The van der Waals surface area contributed by atoms with Gasteiger partial charge in [0.15, 0.2) is 0 Å². The Kier molecular flexibility index (Phi) is 2.43. The standard InChI is InChI=1S/C21H12N2O2S/c1-23-13-5-3-2-4-10(13)16-18-17(20(24)22-21(18)25)12-6-7-14-11(8-9-26-14)15(12)19(16)23/h2-9H,1H3,(H,22,24,25).